The Hall–Kier alpha value is -1.89. The van der Waals surface area contributed by atoms with Crippen LogP contribution < -0.4 is 10.6 Å². The normalized spacial score (nSPS) is 11.6. The topological polar surface area (TPSA) is 54.2 Å². The number of aliphatic imine (C=N–C) groups is 1. The van der Waals surface area contributed by atoms with E-state index in [0.717, 1.165) is 60.7 Å². The van der Waals surface area contributed by atoms with Gasteiger partial charge in [0.25, 0.3) is 0 Å². The molecule has 0 unspecified atom stereocenters. The van der Waals surface area contributed by atoms with Crippen LogP contribution in [0, 0.1) is 12.7 Å². The molecule has 1 aromatic carbocycles. The molecule has 0 aliphatic heterocycles. The maximum absolute atomic E-state index is 13.8. The molecule has 0 saturated carbocycles. The zero-order chi connectivity index (χ0) is 18.8. The van der Waals surface area contributed by atoms with E-state index < -0.39 is 0 Å². The molecule has 0 atom stereocenters. The quantitative estimate of drug-likeness (QED) is 0.367. The Morgan fingerprint density at radius 2 is 2.00 bits per heavy atom. The van der Waals surface area contributed by atoms with Gasteiger partial charge in [-0.1, -0.05) is 22.0 Å². The molecule has 0 amide bonds. The number of aryl methyl sites for hydroxylation is 3. The van der Waals surface area contributed by atoms with Gasteiger partial charge in [0.15, 0.2) is 5.96 Å². The van der Waals surface area contributed by atoms with Gasteiger partial charge >= 0.3 is 0 Å². The van der Waals surface area contributed by atoms with Gasteiger partial charge in [0.2, 0.25) is 0 Å². The lowest BCUT2D eigenvalue weighted by atomic mass is 10.1. The molecule has 0 aliphatic carbocycles. The van der Waals surface area contributed by atoms with E-state index in [1.54, 1.807) is 7.05 Å². The molecule has 5 nitrogen and oxygen atoms in total. The van der Waals surface area contributed by atoms with Crippen LogP contribution in [0.4, 0.5) is 4.39 Å². The van der Waals surface area contributed by atoms with Gasteiger partial charge in [0.1, 0.15) is 11.6 Å². The maximum atomic E-state index is 13.8. The molecule has 2 N–H and O–H groups in total. The SMILES string of the molecule is CN=C(NCCCCn1ccnc1C)NCCCc1ccc(Br)cc1F. The first-order valence-corrected chi connectivity index (χ1v) is 9.75. The lowest BCUT2D eigenvalue weighted by Crippen LogP contribution is -2.38. The summed E-state index contributed by atoms with van der Waals surface area (Å²) in [5.74, 6) is 1.69. The summed E-state index contributed by atoms with van der Waals surface area (Å²) in [6.07, 6.45) is 7.54. The molecule has 142 valence electrons. The fourth-order valence-corrected chi connectivity index (χ4v) is 3.02. The van der Waals surface area contributed by atoms with Crippen LogP contribution in [0.3, 0.4) is 0 Å². The summed E-state index contributed by atoms with van der Waals surface area (Å²) in [7, 11) is 1.76. The number of benzene rings is 1. The average Bonchev–Trinajstić information content (AvgIpc) is 3.03. The number of rotatable bonds is 9. The third-order valence-electron chi connectivity index (χ3n) is 4.20. The van der Waals surface area contributed by atoms with E-state index in [2.05, 4.69) is 41.1 Å². The van der Waals surface area contributed by atoms with Crippen LogP contribution in [0.25, 0.3) is 0 Å². The van der Waals surface area contributed by atoms with Crippen LogP contribution >= 0.6 is 15.9 Å². The van der Waals surface area contributed by atoms with Crippen LogP contribution in [-0.4, -0.2) is 35.6 Å². The minimum absolute atomic E-state index is 0.157. The van der Waals surface area contributed by atoms with Crippen molar-refractivity contribution in [2.24, 2.45) is 4.99 Å². The summed E-state index contributed by atoms with van der Waals surface area (Å²) in [6, 6.07) is 5.21. The first-order valence-electron chi connectivity index (χ1n) is 8.96. The molecule has 0 bridgehead atoms. The van der Waals surface area contributed by atoms with Crippen molar-refractivity contribution in [3.8, 4) is 0 Å². The molecular weight excluding hydrogens is 397 g/mol. The third-order valence-corrected chi connectivity index (χ3v) is 4.69. The van der Waals surface area contributed by atoms with E-state index >= 15 is 0 Å². The number of guanidine groups is 1. The molecule has 0 aliphatic rings. The summed E-state index contributed by atoms with van der Waals surface area (Å²) >= 11 is 3.28. The van der Waals surface area contributed by atoms with Crippen LogP contribution in [0.1, 0.15) is 30.7 Å². The van der Waals surface area contributed by atoms with Gasteiger partial charge in [0, 0.05) is 43.5 Å². The lowest BCUT2D eigenvalue weighted by Gasteiger charge is -2.12. The Morgan fingerprint density at radius 3 is 2.65 bits per heavy atom. The number of hydrogen-bond acceptors (Lipinski definition) is 2. The minimum atomic E-state index is -0.157. The predicted molar refractivity (Wildman–Crippen MR) is 108 cm³/mol. The Bertz CT molecular complexity index is 714. The molecular formula is C19H27BrFN5. The van der Waals surface area contributed by atoms with Crippen LogP contribution in [0.5, 0.6) is 0 Å². The van der Waals surface area contributed by atoms with Crippen molar-refractivity contribution in [3.05, 3.63) is 52.3 Å². The van der Waals surface area contributed by atoms with Crippen molar-refractivity contribution in [2.75, 3.05) is 20.1 Å². The highest BCUT2D eigenvalue weighted by atomic mass is 79.9. The number of nitrogens with zero attached hydrogens (tertiary/aromatic N) is 3. The monoisotopic (exact) mass is 423 g/mol. The molecule has 1 aromatic heterocycles. The highest BCUT2D eigenvalue weighted by Gasteiger charge is 2.03. The Kier molecular flexibility index (Phi) is 8.61. The first kappa shape index (κ1) is 20.4. The second-order valence-corrected chi connectivity index (χ2v) is 7.06. The van der Waals surface area contributed by atoms with E-state index in [1.165, 1.54) is 6.07 Å². The smallest absolute Gasteiger partial charge is 0.190 e. The predicted octanol–water partition coefficient (Wildman–Crippen LogP) is 3.67. The lowest BCUT2D eigenvalue weighted by molar-refractivity contribution is 0.586. The van der Waals surface area contributed by atoms with E-state index in [9.17, 15) is 4.39 Å². The van der Waals surface area contributed by atoms with Gasteiger partial charge in [-0.2, -0.15) is 0 Å². The van der Waals surface area contributed by atoms with Gasteiger partial charge in [-0.05, 0) is 50.3 Å². The van der Waals surface area contributed by atoms with Crippen molar-refractivity contribution in [2.45, 2.75) is 39.2 Å². The van der Waals surface area contributed by atoms with Crippen LogP contribution in [0.2, 0.25) is 0 Å². The fourth-order valence-electron chi connectivity index (χ4n) is 2.68. The number of imidazole rings is 1. The van der Waals surface area contributed by atoms with Gasteiger partial charge < -0.3 is 15.2 Å². The zero-order valence-corrected chi connectivity index (χ0v) is 17.0. The maximum Gasteiger partial charge on any atom is 0.190 e. The molecule has 2 rings (SSSR count). The second kappa shape index (κ2) is 11.0. The number of hydrogen-bond donors (Lipinski definition) is 2. The summed E-state index contributed by atoms with van der Waals surface area (Å²) in [5.41, 5.74) is 0.743. The van der Waals surface area contributed by atoms with E-state index in [-0.39, 0.29) is 5.82 Å². The fraction of sp³-hybridized carbons (Fsp3) is 0.474. The first-order chi connectivity index (χ1) is 12.6. The molecule has 1 heterocycles. The third kappa shape index (κ3) is 6.78. The molecule has 26 heavy (non-hydrogen) atoms. The highest BCUT2D eigenvalue weighted by Crippen LogP contribution is 2.16. The van der Waals surface area contributed by atoms with Crippen LogP contribution in [-0.2, 0) is 13.0 Å². The average molecular weight is 424 g/mol. The molecule has 0 radical (unpaired) electrons. The Balaban J connectivity index is 1.58. The molecule has 0 spiro atoms. The number of nitrogens with one attached hydrogen (secondary N) is 2. The van der Waals surface area contributed by atoms with E-state index in [4.69, 9.17) is 0 Å². The van der Waals surface area contributed by atoms with Gasteiger partial charge in [-0.3, -0.25) is 4.99 Å². The van der Waals surface area contributed by atoms with E-state index in [1.807, 2.05) is 31.5 Å². The Morgan fingerprint density at radius 1 is 1.23 bits per heavy atom. The van der Waals surface area contributed by atoms with Gasteiger partial charge in [-0.25, -0.2) is 9.37 Å². The molecule has 7 heteroatoms. The molecule has 0 fully saturated rings. The standard InChI is InChI=1S/C19H27BrFN5/c1-15-23-11-13-26(15)12-4-3-9-24-19(22-2)25-10-5-6-16-7-8-17(20)14-18(16)21/h7-8,11,13-14H,3-6,9-10,12H2,1-2H3,(H2,22,24,25). The molecule has 0 saturated heterocycles. The number of aromatic nitrogens is 2. The van der Waals surface area contributed by atoms with Gasteiger partial charge in [0.05, 0.1) is 0 Å². The van der Waals surface area contributed by atoms with Crippen molar-refractivity contribution in [1.29, 1.82) is 0 Å². The largest absolute Gasteiger partial charge is 0.356 e. The van der Waals surface area contributed by atoms with Crippen molar-refractivity contribution < 1.29 is 4.39 Å². The summed E-state index contributed by atoms with van der Waals surface area (Å²) < 4.78 is 16.7. The van der Waals surface area contributed by atoms with E-state index in [0.29, 0.717) is 6.42 Å². The van der Waals surface area contributed by atoms with Crippen molar-refractivity contribution >= 4 is 21.9 Å². The summed E-state index contributed by atoms with van der Waals surface area (Å²) in [5, 5.41) is 6.59. The van der Waals surface area contributed by atoms with Crippen molar-refractivity contribution in [1.82, 2.24) is 20.2 Å². The summed E-state index contributed by atoms with van der Waals surface area (Å²) in [6.45, 7) is 4.63. The summed E-state index contributed by atoms with van der Waals surface area (Å²) in [4.78, 5) is 8.45. The Labute approximate surface area is 163 Å². The molecule has 2 aromatic rings. The van der Waals surface area contributed by atoms with Gasteiger partial charge in [-0.15, -0.1) is 0 Å². The highest BCUT2D eigenvalue weighted by molar-refractivity contribution is 9.10. The zero-order valence-electron chi connectivity index (χ0n) is 15.4. The second-order valence-electron chi connectivity index (χ2n) is 6.14. The number of unbranched alkanes of at least 4 members (excludes halogenated alkanes) is 1. The van der Waals surface area contributed by atoms with Crippen LogP contribution in [0.15, 0.2) is 40.1 Å². The number of halogens is 2. The van der Waals surface area contributed by atoms with Crippen molar-refractivity contribution in [3.63, 3.8) is 0 Å². The minimum Gasteiger partial charge on any atom is -0.356 e.